The number of hydrogen-bond acceptors (Lipinski definition) is 2. The summed E-state index contributed by atoms with van der Waals surface area (Å²) >= 11 is 0. The maximum atomic E-state index is 5.41. The fourth-order valence-corrected chi connectivity index (χ4v) is 2.65. The molecule has 84 valence electrons. The van der Waals surface area contributed by atoms with Gasteiger partial charge in [-0.1, -0.05) is 25.5 Å². The highest BCUT2D eigenvalue weighted by Gasteiger charge is 2.27. The van der Waals surface area contributed by atoms with Gasteiger partial charge in [0.25, 0.3) is 0 Å². The molecule has 2 nitrogen and oxygen atoms in total. The minimum absolute atomic E-state index is 1.08. The molecule has 0 radical (unpaired) electrons. The van der Waals surface area contributed by atoms with Crippen molar-refractivity contribution in [3.8, 4) is 0 Å². The first-order chi connectivity index (χ1) is 6.68. The third-order valence-corrected chi connectivity index (χ3v) is 5.48. The van der Waals surface area contributed by atoms with Crippen molar-refractivity contribution < 1.29 is 8.85 Å². The molecule has 0 N–H and O–H groups in total. The Hall–Kier alpha value is -0.123. The topological polar surface area (TPSA) is 18.5 Å². The van der Waals surface area contributed by atoms with Crippen molar-refractivity contribution in [2.24, 2.45) is 0 Å². The summed E-state index contributed by atoms with van der Waals surface area (Å²) in [6.45, 7) is 4.31. The van der Waals surface area contributed by atoms with Crippen molar-refractivity contribution in [3.05, 3.63) is 12.2 Å². The zero-order chi connectivity index (χ0) is 10.9. The van der Waals surface area contributed by atoms with Crippen LogP contribution in [0.2, 0.25) is 12.6 Å². The summed E-state index contributed by atoms with van der Waals surface area (Å²) in [4.78, 5) is 0. The highest BCUT2D eigenvalue weighted by molar-refractivity contribution is 6.65. The molecule has 0 aliphatic carbocycles. The molecule has 3 heteroatoms. The second-order valence-electron chi connectivity index (χ2n) is 3.69. The molecule has 0 bridgehead atoms. The predicted octanol–water partition coefficient (Wildman–Crippen LogP) is 3.49. The lowest BCUT2D eigenvalue weighted by Gasteiger charge is -2.22. The molecule has 0 atom stereocenters. The number of unbranched alkanes of at least 4 members (excludes halogenated alkanes) is 2. The predicted molar refractivity (Wildman–Crippen MR) is 63.7 cm³/mol. The average molecular weight is 216 g/mol. The Morgan fingerprint density at radius 1 is 1.07 bits per heavy atom. The SMILES string of the molecule is CCCC=CCCC[Si](C)(OC)OC. The summed E-state index contributed by atoms with van der Waals surface area (Å²) in [6, 6.07) is 1.08. The lowest BCUT2D eigenvalue weighted by Crippen LogP contribution is -2.35. The molecule has 0 amide bonds. The van der Waals surface area contributed by atoms with Gasteiger partial charge in [-0.15, -0.1) is 0 Å². The van der Waals surface area contributed by atoms with Crippen LogP contribution in [0.15, 0.2) is 12.2 Å². The third kappa shape index (κ3) is 6.35. The van der Waals surface area contributed by atoms with Crippen LogP contribution in [0.3, 0.4) is 0 Å². The van der Waals surface area contributed by atoms with Gasteiger partial charge in [0.1, 0.15) is 0 Å². The molecule has 0 unspecified atom stereocenters. The molecular weight excluding hydrogens is 192 g/mol. The van der Waals surface area contributed by atoms with E-state index in [2.05, 4.69) is 25.6 Å². The van der Waals surface area contributed by atoms with Gasteiger partial charge < -0.3 is 8.85 Å². The van der Waals surface area contributed by atoms with Crippen LogP contribution in [-0.4, -0.2) is 22.8 Å². The molecule has 0 aromatic rings. The fourth-order valence-electron chi connectivity index (χ4n) is 1.23. The van der Waals surface area contributed by atoms with Crippen LogP contribution in [0.25, 0.3) is 0 Å². The number of rotatable bonds is 8. The van der Waals surface area contributed by atoms with E-state index in [0.29, 0.717) is 0 Å². The van der Waals surface area contributed by atoms with Crippen molar-refractivity contribution in [2.45, 2.75) is 45.2 Å². The largest absolute Gasteiger partial charge is 0.398 e. The summed E-state index contributed by atoms with van der Waals surface area (Å²) in [5.74, 6) is 0. The van der Waals surface area contributed by atoms with Crippen molar-refractivity contribution in [1.82, 2.24) is 0 Å². The second-order valence-corrected chi connectivity index (χ2v) is 7.28. The zero-order valence-electron chi connectivity index (χ0n) is 10.0. The first-order valence-corrected chi connectivity index (χ1v) is 7.96. The molecule has 0 heterocycles. The van der Waals surface area contributed by atoms with Crippen LogP contribution in [-0.2, 0) is 8.85 Å². The van der Waals surface area contributed by atoms with Gasteiger partial charge in [0, 0.05) is 14.2 Å². The van der Waals surface area contributed by atoms with Crippen LogP contribution in [0.1, 0.15) is 32.6 Å². The molecule has 0 aromatic carbocycles. The van der Waals surface area contributed by atoms with E-state index in [1.807, 2.05) is 0 Å². The van der Waals surface area contributed by atoms with E-state index in [9.17, 15) is 0 Å². The van der Waals surface area contributed by atoms with Crippen LogP contribution >= 0.6 is 0 Å². The minimum Gasteiger partial charge on any atom is -0.398 e. The maximum Gasteiger partial charge on any atom is 0.334 e. The summed E-state index contributed by atoms with van der Waals surface area (Å²) in [5.41, 5.74) is 0. The molecule has 0 fully saturated rings. The number of allylic oxidation sites excluding steroid dienone is 2. The van der Waals surface area contributed by atoms with E-state index in [0.717, 1.165) is 12.5 Å². The molecule has 14 heavy (non-hydrogen) atoms. The van der Waals surface area contributed by atoms with Crippen LogP contribution in [0.5, 0.6) is 0 Å². The van der Waals surface area contributed by atoms with Gasteiger partial charge in [-0.2, -0.15) is 0 Å². The summed E-state index contributed by atoms with van der Waals surface area (Å²) in [7, 11) is 1.71. The highest BCUT2D eigenvalue weighted by Crippen LogP contribution is 2.15. The van der Waals surface area contributed by atoms with Gasteiger partial charge in [0.05, 0.1) is 0 Å². The molecule has 0 rings (SSSR count). The molecule has 0 saturated heterocycles. The standard InChI is InChI=1S/C11H24O2Si/c1-5-6-7-8-9-10-11-14(4,12-2)13-3/h7-8H,5-6,9-11H2,1-4H3. The zero-order valence-corrected chi connectivity index (χ0v) is 11.0. The first kappa shape index (κ1) is 13.9. The third-order valence-electron chi connectivity index (χ3n) is 2.49. The molecule has 0 saturated carbocycles. The summed E-state index contributed by atoms with van der Waals surface area (Å²) < 4.78 is 10.8. The van der Waals surface area contributed by atoms with Crippen molar-refractivity contribution in [3.63, 3.8) is 0 Å². The van der Waals surface area contributed by atoms with Crippen LogP contribution in [0, 0.1) is 0 Å². The van der Waals surface area contributed by atoms with E-state index in [1.165, 1.54) is 19.3 Å². The Kier molecular flexibility index (Phi) is 8.13. The minimum atomic E-state index is -1.80. The van der Waals surface area contributed by atoms with E-state index < -0.39 is 8.56 Å². The normalized spacial score (nSPS) is 12.6. The van der Waals surface area contributed by atoms with Crippen molar-refractivity contribution in [1.29, 1.82) is 0 Å². The number of hydrogen-bond donors (Lipinski definition) is 0. The van der Waals surface area contributed by atoms with Crippen molar-refractivity contribution in [2.75, 3.05) is 14.2 Å². The van der Waals surface area contributed by atoms with Gasteiger partial charge in [-0.3, -0.25) is 0 Å². The highest BCUT2D eigenvalue weighted by atomic mass is 28.4. The summed E-state index contributed by atoms with van der Waals surface area (Å²) in [5, 5.41) is 0. The van der Waals surface area contributed by atoms with Gasteiger partial charge >= 0.3 is 8.56 Å². The Bertz CT molecular complexity index is 153. The second kappa shape index (κ2) is 8.21. The quantitative estimate of drug-likeness (QED) is 0.351. The summed E-state index contributed by atoms with van der Waals surface area (Å²) in [6.07, 6.45) is 9.28. The van der Waals surface area contributed by atoms with E-state index >= 15 is 0 Å². The Morgan fingerprint density at radius 2 is 1.64 bits per heavy atom. The lowest BCUT2D eigenvalue weighted by molar-refractivity contribution is 0.248. The lowest BCUT2D eigenvalue weighted by atomic mass is 10.2. The van der Waals surface area contributed by atoms with Gasteiger partial charge in [-0.05, 0) is 31.9 Å². The molecule has 0 aromatic heterocycles. The van der Waals surface area contributed by atoms with Gasteiger partial charge in [0.15, 0.2) is 0 Å². The Labute approximate surface area is 89.6 Å². The van der Waals surface area contributed by atoms with Crippen molar-refractivity contribution >= 4 is 8.56 Å². The average Bonchev–Trinajstić information content (AvgIpc) is 2.23. The Morgan fingerprint density at radius 3 is 2.14 bits per heavy atom. The van der Waals surface area contributed by atoms with Gasteiger partial charge in [-0.25, -0.2) is 0 Å². The smallest absolute Gasteiger partial charge is 0.334 e. The Balaban J connectivity index is 3.52. The molecule has 0 aliphatic heterocycles. The van der Waals surface area contributed by atoms with E-state index in [4.69, 9.17) is 8.85 Å². The first-order valence-electron chi connectivity index (χ1n) is 5.44. The van der Waals surface area contributed by atoms with Gasteiger partial charge in [0.2, 0.25) is 0 Å². The molecule has 0 spiro atoms. The monoisotopic (exact) mass is 216 g/mol. The maximum absolute atomic E-state index is 5.41. The van der Waals surface area contributed by atoms with Crippen LogP contribution in [0.4, 0.5) is 0 Å². The fraction of sp³-hybridized carbons (Fsp3) is 0.818. The van der Waals surface area contributed by atoms with E-state index in [-0.39, 0.29) is 0 Å². The molecule has 0 aliphatic rings. The molecular formula is C11H24O2Si. The van der Waals surface area contributed by atoms with Crippen LogP contribution < -0.4 is 0 Å². The van der Waals surface area contributed by atoms with E-state index in [1.54, 1.807) is 14.2 Å².